The standard InChI is InChI=1S/C48H28N4O.C36H20ClN3O.C20H11ClN2O.C17H11Cl.C13H10/c1-2-13-30-27-43-38(26-29(30)12-1)34-25-24-31(51-41-21-8-3-14-32(41)33-15-4-9-22-42(33)51)28-44(34)52(43)48-46(49-39-19-6-7-20-40(39)50-48)37-18-11-17-36-35-16-5-10-23-45(35)53-47(36)37;37-23-16-17-24-28-18-21-8-1-2-9-22(21)19-31(28)40(32(24)20-23)36-34(38-29-13-4-5-14-30(29)39-36)27-12-7-11-26-25-10-3-6-15-33(25)41-35(26)27;21-20-18(22-15-9-2-3-10-16(15)23-20)14-8-5-7-13-12-6-1-4-11-17(12)24-19(13)14;18-15-5-6-16-14(9-15)8-13-7-11-3-1-2-4-12(11)10-17(13)16;1-3-7-12-10(5-1)9-11-6-2-4-8-13(11)12/h1-28H;1-20H;1-11H;1-7,9-10H,8H2;1-8H,9H2. The van der Waals surface area contributed by atoms with Gasteiger partial charge in [0.05, 0.1) is 66.2 Å². The van der Waals surface area contributed by atoms with Crippen molar-refractivity contribution < 1.29 is 13.3 Å². The number of hydrogen-bond acceptors (Lipinski definition) is 9. The van der Waals surface area contributed by atoms with E-state index in [2.05, 4.69) is 322 Å². The summed E-state index contributed by atoms with van der Waals surface area (Å²) in [4.78, 5) is 30.6. The number of nitrogens with zero attached hydrogens (tertiary/aromatic N) is 9. The molecule has 0 fully saturated rings. The molecule has 12 nitrogen and oxygen atoms in total. The van der Waals surface area contributed by atoms with Gasteiger partial charge < -0.3 is 17.8 Å². The molecule has 9 heterocycles. The third kappa shape index (κ3) is 14.7. The Balaban J connectivity index is 0.0000000953. The average molecular weight is 1970 g/mol. The molecule has 31 aromatic rings. The van der Waals surface area contributed by atoms with E-state index in [4.69, 9.17) is 73.0 Å². The fourth-order valence-electron chi connectivity index (χ4n) is 22.7. The van der Waals surface area contributed by atoms with Crippen LogP contribution in [0.1, 0.15) is 22.3 Å². The van der Waals surface area contributed by atoms with Crippen LogP contribution in [0.15, 0.2) is 474 Å². The number of fused-ring (bicyclic) bond motifs is 30. The van der Waals surface area contributed by atoms with E-state index in [1.54, 1.807) is 0 Å². The van der Waals surface area contributed by atoms with Gasteiger partial charge in [0.25, 0.3) is 0 Å². The fourth-order valence-corrected chi connectivity index (χ4v) is 23.3. The lowest BCUT2D eigenvalue weighted by Crippen LogP contribution is -2.04. The second-order valence-corrected chi connectivity index (χ2v) is 39.4. The zero-order chi connectivity index (χ0) is 98.6. The Bertz CT molecular complexity index is 10900. The Morgan fingerprint density at radius 2 is 0.510 bits per heavy atom. The van der Waals surface area contributed by atoms with Gasteiger partial charge in [0.2, 0.25) is 0 Å². The summed E-state index contributed by atoms with van der Waals surface area (Å²) >= 11 is 19.1. The highest BCUT2D eigenvalue weighted by Gasteiger charge is 2.29. The van der Waals surface area contributed by atoms with E-state index in [1.807, 2.05) is 158 Å². The molecule has 0 saturated carbocycles. The number of aromatic nitrogens is 9. The van der Waals surface area contributed by atoms with Crippen molar-refractivity contribution in [1.82, 2.24) is 43.6 Å². The smallest absolute Gasteiger partial charge is 0.165 e. The monoisotopic (exact) mass is 1970 g/mol. The van der Waals surface area contributed by atoms with Gasteiger partial charge in [0, 0.05) is 97.1 Å². The van der Waals surface area contributed by atoms with Gasteiger partial charge in [-0.05, 0) is 241 Å². The van der Waals surface area contributed by atoms with E-state index >= 15 is 0 Å². The lowest BCUT2D eigenvalue weighted by atomic mass is 10.0. The van der Waals surface area contributed by atoms with Crippen LogP contribution >= 0.6 is 34.8 Å². The number of halogens is 3. The van der Waals surface area contributed by atoms with Crippen molar-refractivity contribution in [1.29, 1.82) is 0 Å². The van der Waals surface area contributed by atoms with Crippen LogP contribution in [0.25, 0.3) is 270 Å². The minimum absolute atomic E-state index is 0.377. The molecule has 33 rings (SSSR count). The molecule has 0 radical (unpaired) electrons. The van der Waals surface area contributed by atoms with E-state index < -0.39 is 0 Å². The molecule has 0 saturated heterocycles. The van der Waals surface area contributed by atoms with Crippen LogP contribution in [0.5, 0.6) is 0 Å². The first-order chi connectivity index (χ1) is 73.6. The highest BCUT2D eigenvalue weighted by atomic mass is 35.5. The van der Waals surface area contributed by atoms with E-state index in [1.165, 1.54) is 93.2 Å². The lowest BCUT2D eigenvalue weighted by molar-refractivity contribution is 0.669. The van der Waals surface area contributed by atoms with Gasteiger partial charge in [0.1, 0.15) is 50.6 Å². The summed E-state index contributed by atoms with van der Waals surface area (Å²) in [5, 5.41) is 22.6. The number of rotatable bonds is 6. The quantitative estimate of drug-likeness (QED) is 0.160. The van der Waals surface area contributed by atoms with E-state index in [-0.39, 0.29) is 0 Å². The van der Waals surface area contributed by atoms with Crippen molar-refractivity contribution in [3.05, 3.63) is 498 Å². The third-order valence-electron chi connectivity index (χ3n) is 29.5. The average Bonchev–Trinajstić information content (AvgIpc) is 1.55. The number of hydrogen-bond donors (Lipinski definition) is 0. The Morgan fingerprint density at radius 1 is 0.188 bits per heavy atom. The Labute approximate surface area is 866 Å². The molecule has 22 aromatic carbocycles. The van der Waals surface area contributed by atoms with Gasteiger partial charge in [0.15, 0.2) is 16.8 Å². The molecule has 2 aliphatic carbocycles. The molecular weight excluding hydrogens is 1890 g/mol. The van der Waals surface area contributed by atoms with Crippen molar-refractivity contribution in [3.8, 4) is 73.3 Å². The second kappa shape index (κ2) is 35.4. The predicted molar refractivity (Wildman–Crippen MR) is 617 cm³/mol. The number of furan rings is 3. The molecule has 700 valence electrons. The molecule has 0 atom stereocenters. The molecule has 0 unspecified atom stereocenters. The Hall–Kier alpha value is -18.7. The molecule has 0 amide bonds. The summed E-state index contributed by atoms with van der Waals surface area (Å²) in [5.74, 6) is 1.49. The SMILES string of the molecule is Clc1ccc2c(c1)Cc1cc3ccccc3cc1-2.Clc1ccc2c3cc4ccccc4cc3n(-c3nc4ccccc4nc3-c3cccc4c3oc3ccccc34)c2c1.Clc1nc2ccccc2nc1-c1cccc2c1oc1ccccc12.c1ccc2c(c1)Cc1ccccc1-2.c1ccc2cc3c(cc2c1)c1ccc(-n2c4ccccc4c4ccccc42)cc1n3-c1nc2ccccc2nc1-c1cccc2c1oc1ccccc12. The minimum Gasteiger partial charge on any atom is -0.455 e. The molecule has 2 aliphatic rings. The summed E-state index contributed by atoms with van der Waals surface area (Å²) in [5.41, 5.74) is 33.4. The van der Waals surface area contributed by atoms with Crippen LogP contribution in [0, 0.1) is 0 Å². The molecule has 0 aliphatic heterocycles. The van der Waals surface area contributed by atoms with Crippen molar-refractivity contribution in [3.63, 3.8) is 0 Å². The van der Waals surface area contributed by atoms with Crippen LogP contribution < -0.4 is 0 Å². The maximum Gasteiger partial charge on any atom is 0.165 e. The summed E-state index contributed by atoms with van der Waals surface area (Å²) < 4.78 is 26.1. The van der Waals surface area contributed by atoms with Crippen LogP contribution in [0.4, 0.5) is 0 Å². The first kappa shape index (κ1) is 86.9. The van der Waals surface area contributed by atoms with Crippen LogP contribution in [-0.4, -0.2) is 43.6 Å². The zero-order valence-corrected chi connectivity index (χ0v) is 81.9. The molecular formula is C134H80Cl3N9O3. The summed E-state index contributed by atoms with van der Waals surface area (Å²) in [7, 11) is 0. The van der Waals surface area contributed by atoms with Gasteiger partial charge in [-0.25, -0.2) is 29.9 Å². The molecule has 0 spiro atoms. The molecule has 0 bridgehead atoms. The van der Waals surface area contributed by atoms with Gasteiger partial charge in [-0.3, -0.25) is 9.13 Å². The molecule has 149 heavy (non-hydrogen) atoms. The fraction of sp³-hybridized carbons (Fsp3) is 0.0149. The number of para-hydroxylation sites is 14. The zero-order valence-electron chi connectivity index (χ0n) is 79.7. The number of benzene rings is 22. The van der Waals surface area contributed by atoms with Gasteiger partial charge in [-0.1, -0.05) is 344 Å². The van der Waals surface area contributed by atoms with Gasteiger partial charge >= 0.3 is 0 Å². The summed E-state index contributed by atoms with van der Waals surface area (Å²) in [6, 6.07) is 160. The van der Waals surface area contributed by atoms with Crippen LogP contribution in [-0.2, 0) is 12.8 Å². The van der Waals surface area contributed by atoms with E-state index in [9.17, 15) is 0 Å². The topological polar surface area (TPSA) is 132 Å². The normalized spacial score (nSPS) is 12.1. The third-order valence-corrected chi connectivity index (χ3v) is 30.2. The van der Waals surface area contributed by atoms with Crippen molar-refractivity contribution >= 4 is 231 Å². The first-order valence-corrected chi connectivity index (χ1v) is 51.0. The van der Waals surface area contributed by atoms with Crippen LogP contribution in [0.2, 0.25) is 15.2 Å². The van der Waals surface area contributed by atoms with Crippen LogP contribution in [0.3, 0.4) is 0 Å². The molecule has 0 N–H and O–H groups in total. The summed E-state index contributed by atoms with van der Waals surface area (Å²) in [6.07, 6.45) is 2.10. The molecule has 9 aromatic heterocycles. The van der Waals surface area contributed by atoms with Gasteiger partial charge in [-0.15, -0.1) is 0 Å². The maximum atomic E-state index is 6.62. The largest absolute Gasteiger partial charge is 0.455 e. The lowest BCUT2D eigenvalue weighted by Gasteiger charge is -2.15. The highest BCUT2D eigenvalue weighted by Crippen LogP contribution is 2.49. The first-order valence-electron chi connectivity index (χ1n) is 49.8. The molecule has 15 heteroatoms. The van der Waals surface area contributed by atoms with Crippen molar-refractivity contribution in [2.45, 2.75) is 12.8 Å². The summed E-state index contributed by atoms with van der Waals surface area (Å²) in [6.45, 7) is 0. The predicted octanol–water partition coefficient (Wildman–Crippen LogP) is 36.8. The van der Waals surface area contributed by atoms with Crippen molar-refractivity contribution in [2.75, 3.05) is 0 Å². The Kier molecular flexibility index (Phi) is 20.6. The second-order valence-electron chi connectivity index (χ2n) is 38.1. The van der Waals surface area contributed by atoms with E-state index in [0.717, 1.165) is 211 Å². The maximum absolute atomic E-state index is 6.62. The van der Waals surface area contributed by atoms with E-state index in [0.29, 0.717) is 15.9 Å². The van der Waals surface area contributed by atoms with Gasteiger partial charge in [-0.2, -0.15) is 0 Å². The Morgan fingerprint density at radius 3 is 1.00 bits per heavy atom. The highest BCUT2D eigenvalue weighted by molar-refractivity contribution is 6.33. The van der Waals surface area contributed by atoms with Crippen molar-refractivity contribution in [2.24, 2.45) is 0 Å². The minimum atomic E-state index is 0.377.